The second-order valence-corrected chi connectivity index (χ2v) is 17.3. The molecule has 0 fully saturated rings. The van der Waals surface area contributed by atoms with Crippen molar-refractivity contribution in [2.45, 2.75) is 93.9 Å². The Morgan fingerprint density at radius 3 is 1.32 bits per heavy atom. The number of aliphatic hydroxyl groups is 2. The maximum absolute atomic E-state index is 14.0. The Morgan fingerprint density at radius 2 is 1.00 bits per heavy atom. The predicted octanol–water partition coefficient (Wildman–Crippen LogP) is 8.09. The third kappa shape index (κ3) is 8.47. The minimum atomic E-state index is -1.32. The Kier molecular flexibility index (Phi) is 10.5. The highest BCUT2D eigenvalue weighted by Gasteiger charge is 2.32. The summed E-state index contributed by atoms with van der Waals surface area (Å²) in [5, 5.41) is 19.3. The molecule has 0 amide bonds. The van der Waals surface area contributed by atoms with Crippen LogP contribution in [0.1, 0.15) is 105 Å². The van der Waals surface area contributed by atoms with Crippen molar-refractivity contribution < 1.29 is 18.6 Å². The molecule has 1 aromatic rings. The van der Waals surface area contributed by atoms with E-state index in [1.807, 2.05) is 24.3 Å². The molecule has 0 spiro atoms. The van der Waals surface area contributed by atoms with Gasteiger partial charge in [0.2, 0.25) is 0 Å². The van der Waals surface area contributed by atoms with Gasteiger partial charge in [-0.05, 0) is 60.5 Å². The third-order valence-corrected chi connectivity index (χ3v) is 10.9. The van der Waals surface area contributed by atoms with E-state index < -0.39 is 21.6 Å². The van der Waals surface area contributed by atoms with Crippen LogP contribution in [0.5, 0.6) is 0 Å². The fourth-order valence-corrected chi connectivity index (χ4v) is 8.95. The molecular formula is C34H50O4S2. The number of allylic oxidation sites excluding steroid dienone is 6. The first-order valence-electron chi connectivity index (χ1n) is 14.5. The lowest BCUT2D eigenvalue weighted by Crippen LogP contribution is -2.19. The normalized spacial score (nSPS) is 22.8. The Bertz CT molecular complexity index is 1160. The Morgan fingerprint density at radius 1 is 0.650 bits per heavy atom. The van der Waals surface area contributed by atoms with E-state index in [-0.39, 0.29) is 34.9 Å². The molecule has 4 nitrogen and oxygen atoms in total. The van der Waals surface area contributed by atoms with Gasteiger partial charge in [0.1, 0.15) is 0 Å². The summed E-state index contributed by atoms with van der Waals surface area (Å²) in [6, 6.07) is 7.97. The summed E-state index contributed by atoms with van der Waals surface area (Å²) in [7, 11) is -2.64. The van der Waals surface area contributed by atoms with Crippen LogP contribution >= 0.6 is 0 Å². The summed E-state index contributed by atoms with van der Waals surface area (Å²) in [5.74, 6) is 0. The monoisotopic (exact) mass is 586 g/mol. The van der Waals surface area contributed by atoms with Gasteiger partial charge in [0.05, 0.1) is 21.6 Å². The van der Waals surface area contributed by atoms with Crippen molar-refractivity contribution in [3.05, 3.63) is 69.5 Å². The molecule has 2 aliphatic rings. The summed E-state index contributed by atoms with van der Waals surface area (Å²) in [6.07, 6.45) is 13.4. The average molecular weight is 587 g/mol. The summed E-state index contributed by atoms with van der Waals surface area (Å²) in [6.45, 7) is 17.1. The van der Waals surface area contributed by atoms with Crippen molar-refractivity contribution in [1.29, 1.82) is 0 Å². The molecule has 0 aromatic heterocycles. The topological polar surface area (TPSA) is 74.6 Å². The standard InChI is InChI=1S/C34H50O4S2/c1-31(2,23-35)17-11-13-25-19-33(5,6)21-29(39(25)37)27-15-9-10-16-28(27)30-22-34(7,8)20-26(40(30)38)14-12-18-32(3,4)24-36/h9-10,15-16,19-22,35-36H,11-14,17-18,23-24H2,1-8H3. The average Bonchev–Trinajstić information content (AvgIpc) is 2.87. The van der Waals surface area contributed by atoms with E-state index in [9.17, 15) is 18.6 Å². The van der Waals surface area contributed by atoms with Gasteiger partial charge in [0.15, 0.2) is 0 Å². The molecule has 0 radical (unpaired) electrons. The number of hydrogen-bond acceptors (Lipinski definition) is 4. The van der Waals surface area contributed by atoms with Gasteiger partial charge in [0, 0.05) is 43.7 Å². The van der Waals surface area contributed by atoms with Crippen LogP contribution in [0.4, 0.5) is 0 Å². The maximum Gasteiger partial charge on any atom is 0.0808 e. The van der Waals surface area contributed by atoms with Crippen LogP contribution in [0.15, 0.2) is 58.4 Å². The van der Waals surface area contributed by atoms with Crippen LogP contribution in [0, 0.1) is 21.7 Å². The molecule has 0 saturated heterocycles. The van der Waals surface area contributed by atoms with E-state index in [2.05, 4.69) is 79.7 Å². The van der Waals surface area contributed by atoms with E-state index in [1.54, 1.807) is 0 Å². The van der Waals surface area contributed by atoms with E-state index in [0.717, 1.165) is 69.3 Å². The van der Waals surface area contributed by atoms with Gasteiger partial charge in [-0.1, -0.05) is 104 Å². The maximum atomic E-state index is 14.0. The molecule has 0 saturated carbocycles. The quantitative estimate of drug-likeness (QED) is 0.260. The minimum Gasteiger partial charge on any atom is -0.396 e. The van der Waals surface area contributed by atoms with E-state index in [0.29, 0.717) is 0 Å². The Balaban J connectivity index is 1.93. The van der Waals surface area contributed by atoms with E-state index in [4.69, 9.17) is 0 Å². The molecule has 1 aromatic carbocycles. The Hall–Kier alpha value is -1.60. The highest BCUT2D eigenvalue weighted by Crippen LogP contribution is 2.44. The third-order valence-electron chi connectivity index (χ3n) is 7.82. The van der Waals surface area contributed by atoms with Gasteiger partial charge in [-0.15, -0.1) is 0 Å². The van der Waals surface area contributed by atoms with Crippen molar-refractivity contribution in [1.82, 2.24) is 0 Å². The SMILES string of the molecule is CC1(C)C=C(CCCC(C)(C)CO)S(=O)C(c2ccccc2C2=CC(C)(C)C=C(CCCC(C)(C)CO)S2=O)=C1. The molecule has 2 N–H and O–H groups in total. The van der Waals surface area contributed by atoms with Crippen molar-refractivity contribution in [2.75, 3.05) is 13.2 Å². The van der Waals surface area contributed by atoms with Crippen LogP contribution in [0.2, 0.25) is 0 Å². The van der Waals surface area contributed by atoms with Gasteiger partial charge >= 0.3 is 0 Å². The first-order chi connectivity index (χ1) is 18.5. The zero-order valence-corrected chi connectivity index (χ0v) is 27.4. The second-order valence-electron chi connectivity index (χ2n) is 14.3. The molecule has 6 heteroatoms. The lowest BCUT2D eigenvalue weighted by atomic mass is 9.86. The van der Waals surface area contributed by atoms with E-state index >= 15 is 0 Å². The van der Waals surface area contributed by atoms with Crippen molar-refractivity contribution >= 4 is 31.4 Å². The first kappa shape index (κ1) is 32.9. The Labute approximate surface area is 247 Å². The molecule has 3 rings (SSSR count). The van der Waals surface area contributed by atoms with Gasteiger partial charge in [-0.25, -0.2) is 8.42 Å². The number of benzene rings is 1. The summed E-state index contributed by atoms with van der Waals surface area (Å²) < 4.78 is 28.0. The molecule has 0 bridgehead atoms. The lowest BCUT2D eigenvalue weighted by Gasteiger charge is -2.30. The van der Waals surface area contributed by atoms with Gasteiger partial charge in [-0.2, -0.15) is 0 Å². The van der Waals surface area contributed by atoms with E-state index in [1.165, 1.54) is 0 Å². The second kappa shape index (κ2) is 12.7. The number of aliphatic hydroxyl groups excluding tert-OH is 2. The lowest BCUT2D eigenvalue weighted by molar-refractivity contribution is 0.148. The fourth-order valence-electron chi connectivity index (χ4n) is 5.32. The van der Waals surface area contributed by atoms with Crippen LogP contribution in [0.25, 0.3) is 9.81 Å². The molecule has 0 aliphatic carbocycles. The van der Waals surface area contributed by atoms with Crippen LogP contribution in [0.3, 0.4) is 0 Å². The molecule has 40 heavy (non-hydrogen) atoms. The highest BCUT2D eigenvalue weighted by molar-refractivity contribution is 7.99. The predicted molar refractivity (Wildman–Crippen MR) is 172 cm³/mol. The van der Waals surface area contributed by atoms with Crippen LogP contribution in [-0.4, -0.2) is 31.8 Å². The van der Waals surface area contributed by atoms with Crippen molar-refractivity contribution in [3.8, 4) is 0 Å². The molecule has 222 valence electrons. The largest absolute Gasteiger partial charge is 0.396 e. The number of hydrogen-bond donors (Lipinski definition) is 2. The van der Waals surface area contributed by atoms with Crippen LogP contribution < -0.4 is 0 Å². The fraction of sp³-hybridized carbons (Fsp3) is 0.588. The minimum absolute atomic E-state index is 0.136. The highest BCUT2D eigenvalue weighted by atomic mass is 32.2. The smallest absolute Gasteiger partial charge is 0.0808 e. The zero-order chi connectivity index (χ0) is 29.9. The number of rotatable bonds is 12. The molecule has 2 atom stereocenters. The molecule has 2 heterocycles. The molecule has 2 aliphatic heterocycles. The zero-order valence-electron chi connectivity index (χ0n) is 25.8. The van der Waals surface area contributed by atoms with Crippen molar-refractivity contribution in [2.24, 2.45) is 21.7 Å². The summed E-state index contributed by atoms with van der Waals surface area (Å²) >= 11 is 0. The van der Waals surface area contributed by atoms with Crippen LogP contribution in [-0.2, 0) is 21.6 Å². The summed E-state index contributed by atoms with van der Waals surface area (Å²) in [4.78, 5) is 3.43. The first-order valence-corrected chi connectivity index (χ1v) is 16.8. The summed E-state index contributed by atoms with van der Waals surface area (Å²) in [5.41, 5.74) is 0.938. The van der Waals surface area contributed by atoms with Crippen molar-refractivity contribution in [3.63, 3.8) is 0 Å². The molecule has 2 unspecified atom stereocenters. The van der Waals surface area contributed by atoms with Gasteiger partial charge in [0.25, 0.3) is 0 Å². The van der Waals surface area contributed by atoms with Gasteiger partial charge in [-0.3, -0.25) is 0 Å². The molecular weight excluding hydrogens is 537 g/mol. The van der Waals surface area contributed by atoms with Gasteiger partial charge < -0.3 is 10.2 Å².